The number of carbonyl (C=O) groups excluding carboxylic acids is 2. The molecule has 10 heteroatoms. The van der Waals surface area contributed by atoms with E-state index in [0.29, 0.717) is 17.0 Å². The second-order valence-corrected chi connectivity index (χ2v) is 7.50. The summed E-state index contributed by atoms with van der Waals surface area (Å²) in [6.07, 6.45) is 2.70. The van der Waals surface area contributed by atoms with Gasteiger partial charge in [0.15, 0.2) is 0 Å². The second kappa shape index (κ2) is 7.99. The molecule has 0 aliphatic carbocycles. The van der Waals surface area contributed by atoms with Crippen LogP contribution in [0.1, 0.15) is 24.2 Å². The number of carbonyl (C=O) groups is 2. The number of fused-ring (bicyclic) bond motifs is 3. The Morgan fingerprint density at radius 1 is 1.29 bits per heavy atom. The van der Waals surface area contributed by atoms with E-state index in [1.165, 1.54) is 35.6 Å². The molecule has 0 bridgehead atoms. The molecule has 158 valence electrons. The van der Waals surface area contributed by atoms with Crippen molar-refractivity contribution < 1.29 is 18.4 Å². The number of benzene rings is 1. The molecular formula is C21H16ClF2N5O2. The Morgan fingerprint density at radius 3 is 2.81 bits per heavy atom. The first-order chi connectivity index (χ1) is 14.8. The van der Waals surface area contributed by atoms with Crippen LogP contribution in [-0.4, -0.2) is 33.3 Å². The van der Waals surface area contributed by atoms with Crippen molar-refractivity contribution in [3.05, 3.63) is 65.0 Å². The molecule has 3 heterocycles. The molecule has 7 nitrogen and oxygen atoms in total. The molecule has 0 saturated heterocycles. The predicted molar refractivity (Wildman–Crippen MR) is 111 cm³/mol. The highest BCUT2D eigenvalue weighted by Gasteiger charge is 2.35. The van der Waals surface area contributed by atoms with Crippen molar-refractivity contribution in [3.63, 3.8) is 0 Å². The minimum Gasteiger partial charge on any atom is -0.324 e. The molecule has 2 amide bonds. The molecule has 0 spiro atoms. The zero-order valence-corrected chi connectivity index (χ0v) is 17.2. The van der Waals surface area contributed by atoms with Gasteiger partial charge in [0.2, 0.25) is 17.8 Å². The number of aromatic nitrogens is 3. The third kappa shape index (κ3) is 3.84. The van der Waals surface area contributed by atoms with Crippen molar-refractivity contribution in [2.24, 2.45) is 0 Å². The summed E-state index contributed by atoms with van der Waals surface area (Å²) in [5.74, 6) is -3.28. The molecule has 1 aliphatic heterocycles. The first kappa shape index (κ1) is 20.8. The van der Waals surface area contributed by atoms with E-state index in [0.717, 1.165) is 6.07 Å². The van der Waals surface area contributed by atoms with Gasteiger partial charge >= 0.3 is 0 Å². The first-order valence-electron chi connectivity index (χ1n) is 9.30. The van der Waals surface area contributed by atoms with Gasteiger partial charge in [0.25, 0.3) is 0 Å². The van der Waals surface area contributed by atoms with Gasteiger partial charge in [-0.05, 0) is 38.1 Å². The van der Waals surface area contributed by atoms with Crippen molar-refractivity contribution in [2.45, 2.75) is 19.8 Å². The van der Waals surface area contributed by atoms with Crippen LogP contribution in [0.4, 0.5) is 20.2 Å². The van der Waals surface area contributed by atoms with Crippen LogP contribution in [0.15, 0.2) is 36.8 Å². The molecule has 2 aromatic heterocycles. The Bertz CT molecular complexity index is 1220. The number of nitrogens with zero attached hydrogens (tertiary/aromatic N) is 4. The number of nitrogens with one attached hydrogen (secondary N) is 1. The summed E-state index contributed by atoms with van der Waals surface area (Å²) in [6, 6.07) is 5.34. The van der Waals surface area contributed by atoms with E-state index < -0.39 is 36.0 Å². The third-order valence-corrected chi connectivity index (χ3v) is 5.24. The van der Waals surface area contributed by atoms with Gasteiger partial charge < -0.3 is 10.2 Å². The lowest BCUT2D eigenvalue weighted by Crippen LogP contribution is -2.40. The Labute approximate surface area is 181 Å². The fourth-order valence-corrected chi connectivity index (χ4v) is 3.63. The highest BCUT2D eigenvalue weighted by molar-refractivity contribution is 6.30. The van der Waals surface area contributed by atoms with E-state index >= 15 is 0 Å². The molecule has 0 radical (unpaired) electrons. The maximum atomic E-state index is 14.9. The smallest absolute Gasteiger partial charge is 0.244 e. The number of hydrogen-bond donors (Lipinski definition) is 1. The standard InChI is InChI=1S/C21H16ClF2N5O2/c1-10-5-16-18(20(24)27-10)13-7-25-9-26-19(13)11(2)21(31)29(16)8-17(30)28-12-3-4-14(22)15(23)6-12/h3-7,9,11H,8H2,1-2H3,(H,28,30). The molecule has 1 aromatic carbocycles. The highest BCUT2D eigenvalue weighted by atomic mass is 35.5. The number of amides is 2. The van der Waals surface area contributed by atoms with Crippen LogP contribution in [0.25, 0.3) is 11.1 Å². The molecular weight excluding hydrogens is 428 g/mol. The number of pyridine rings is 1. The second-order valence-electron chi connectivity index (χ2n) is 7.09. The summed E-state index contributed by atoms with van der Waals surface area (Å²) in [5, 5.41) is 2.44. The summed E-state index contributed by atoms with van der Waals surface area (Å²) < 4.78 is 28.6. The van der Waals surface area contributed by atoms with Crippen molar-refractivity contribution in [2.75, 3.05) is 16.8 Å². The minimum absolute atomic E-state index is 0.0456. The van der Waals surface area contributed by atoms with E-state index in [-0.39, 0.29) is 22.0 Å². The Hall–Kier alpha value is -3.46. The molecule has 0 saturated carbocycles. The Morgan fingerprint density at radius 2 is 2.06 bits per heavy atom. The maximum Gasteiger partial charge on any atom is 0.244 e. The van der Waals surface area contributed by atoms with Crippen LogP contribution in [0.2, 0.25) is 5.02 Å². The van der Waals surface area contributed by atoms with Gasteiger partial charge in [-0.2, -0.15) is 4.39 Å². The van der Waals surface area contributed by atoms with E-state index in [9.17, 15) is 18.4 Å². The van der Waals surface area contributed by atoms with Gasteiger partial charge in [-0.25, -0.2) is 19.3 Å². The van der Waals surface area contributed by atoms with E-state index in [1.807, 2.05) is 0 Å². The summed E-state index contributed by atoms with van der Waals surface area (Å²) in [4.78, 5) is 39.1. The third-order valence-electron chi connectivity index (χ3n) is 4.94. The predicted octanol–water partition coefficient (Wildman–Crippen LogP) is 3.87. The molecule has 4 rings (SSSR count). The fraction of sp³-hybridized carbons (Fsp3) is 0.190. The minimum atomic E-state index is -0.793. The van der Waals surface area contributed by atoms with Gasteiger partial charge in [-0.3, -0.25) is 9.59 Å². The average molecular weight is 444 g/mol. The van der Waals surface area contributed by atoms with Gasteiger partial charge in [-0.1, -0.05) is 11.6 Å². The van der Waals surface area contributed by atoms with Gasteiger partial charge in [-0.15, -0.1) is 0 Å². The first-order valence-corrected chi connectivity index (χ1v) is 9.67. The molecule has 1 aliphatic rings. The SMILES string of the molecule is Cc1cc2c(c(F)n1)-c1cncnc1C(C)C(=O)N2CC(=O)Nc1ccc(Cl)c(F)c1. The van der Waals surface area contributed by atoms with Crippen molar-refractivity contribution in [1.82, 2.24) is 15.0 Å². The van der Waals surface area contributed by atoms with Crippen molar-refractivity contribution in [1.29, 1.82) is 0 Å². The number of halogens is 3. The monoisotopic (exact) mass is 443 g/mol. The molecule has 31 heavy (non-hydrogen) atoms. The van der Waals surface area contributed by atoms with Gasteiger partial charge in [0.1, 0.15) is 18.7 Å². The zero-order valence-electron chi connectivity index (χ0n) is 16.5. The Kier molecular flexibility index (Phi) is 5.36. The van der Waals surface area contributed by atoms with Crippen LogP contribution in [-0.2, 0) is 9.59 Å². The lowest BCUT2D eigenvalue weighted by molar-refractivity contribution is -0.122. The van der Waals surface area contributed by atoms with E-state index in [4.69, 9.17) is 11.6 Å². The number of anilines is 2. The molecule has 1 atom stereocenters. The molecule has 1 N–H and O–H groups in total. The zero-order chi connectivity index (χ0) is 22.3. The highest BCUT2D eigenvalue weighted by Crippen LogP contribution is 2.41. The van der Waals surface area contributed by atoms with E-state index in [2.05, 4.69) is 20.3 Å². The van der Waals surface area contributed by atoms with Crippen LogP contribution >= 0.6 is 11.6 Å². The van der Waals surface area contributed by atoms with Gasteiger partial charge in [0.05, 0.1) is 27.9 Å². The van der Waals surface area contributed by atoms with E-state index in [1.54, 1.807) is 13.8 Å². The van der Waals surface area contributed by atoms with Crippen molar-refractivity contribution in [3.8, 4) is 11.1 Å². The lowest BCUT2D eigenvalue weighted by atomic mass is 9.99. The van der Waals surface area contributed by atoms with Crippen molar-refractivity contribution >= 4 is 34.8 Å². The van der Waals surface area contributed by atoms with Crippen LogP contribution < -0.4 is 10.2 Å². The number of rotatable bonds is 3. The number of hydrogen-bond acceptors (Lipinski definition) is 5. The maximum absolute atomic E-state index is 14.9. The largest absolute Gasteiger partial charge is 0.324 e. The number of aryl methyl sites for hydroxylation is 1. The summed E-state index contributed by atoms with van der Waals surface area (Å²) in [5.41, 5.74) is 1.42. The quantitative estimate of drug-likeness (QED) is 0.621. The van der Waals surface area contributed by atoms with Gasteiger partial charge in [0, 0.05) is 23.1 Å². The van der Waals surface area contributed by atoms with Crippen LogP contribution in [0.3, 0.4) is 0 Å². The van der Waals surface area contributed by atoms with Crippen LogP contribution in [0, 0.1) is 18.7 Å². The molecule has 1 unspecified atom stereocenters. The topological polar surface area (TPSA) is 88.1 Å². The summed E-state index contributed by atoms with van der Waals surface area (Å²) >= 11 is 5.66. The lowest BCUT2D eigenvalue weighted by Gasteiger charge is -2.24. The molecule has 0 fully saturated rings. The molecule has 3 aromatic rings. The normalized spacial score (nSPS) is 15.2. The summed E-state index contributed by atoms with van der Waals surface area (Å²) in [6.45, 7) is 2.78. The fourth-order valence-electron chi connectivity index (χ4n) is 3.51. The Balaban J connectivity index is 1.75. The van der Waals surface area contributed by atoms with Crippen LogP contribution in [0.5, 0.6) is 0 Å². The summed E-state index contributed by atoms with van der Waals surface area (Å²) in [7, 11) is 0. The average Bonchev–Trinajstić information content (AvgIpc) is 2.80.